The molecule has 0 bridgehead atoms. The molecule has 0 spiro atoms. The summed E-state index contributed by atoms with van der Waals surface area (Å²) in [5, 5.41) is 0.776. The zero-order valence-electron chi connectivity index (χ0n) is 11.8. The summed E-state index contributed by atoms with van der Waals surface area (Å²) in [5.74, 6) is 5.77. The van der Waals surface area contributed by atoms with E-state index in [9.17, 15) is 0 Å². The number of nitrogens with one attached hydrogen (secondary N) is 1. The molecule has 2 saturated heterocycles. The molecule has 1 aromatic carbocycles. The smallest absolute Gasteiger partial charge is 0.0910 e. The summed E-state index contributed by atoms with van der Waals surface area (Å²) in [6, 6.07) is 6.68. The molecule has 3 rings (SSSR count). The lowest BCUT2D eigenvalue weighted by atomic mass is 9.99. The van der Waals surface area contributed by atoms with Gasteiger partial charge in [-0.3, -0.25) is 16.2 Å². The van der Waals surface area contributed by atoms with Crippen molar-refractivity contribution in [1.29, 1.82) is 0 Å². The first-order valence-corrected chi connectivity index (χ1v) is 7.64. The monoisotopic (exact) mass is 295 g/mol. The predicted octanol–water partition coefficient (Wildman–Crippen LogP) is 2.02. The lowest BCUT2D eigenvalue weighted by molar-refractivity contribution is -0.0653. The fourth-order valence-corrected chi connectivity index (χ4v) is 3.45. The normalized spacial score (nSPS) is 28.4. The van der Waals surface area contributed by atoms with Crippen LogP contribution in [-0.2, 0) is 4.74 Å². The van der Waals surface area contributed by atoms with Crippen LogP contribution >= 0.6 is 11.6 Å². The second-order valence-corrected chi connectivity index (χ2v) is 6.22. The van der Waals surface area contributed by atoms with E-state index in [1.165, 1.54) is 19.4 Å². The molecular weight excluding hydrogens is 274 g/mol. The van der Waals surface area contributed by atoms with Gasteiger partial charge in [-0.15, -0.1) is 0 Å². The molecule has 0 radical (unpaired) electrons. The third-order valence-corrected chi connectivity index (χ3v) is 4.93. The predicted molar refractivity (Wildman–Crippen MR) is 80.6 cm³/mol. The van der Waals surface area contributed by atoms with Crippen LogP contribution in [0.3, 0.4) is 0 Å². The number of hydrazine groups is 1. The van der Waals surface area contributed by atoms with Crippen molar-refractivity contribution < 1.29 is 4.74 Å². The Hall–Kier alpha value is -0.650. The van der Waals surface area contributed by atoms with Crippen molar-refractivity contribution in [2.75, 3.05) is 19.7 Å². The Morgan fingerprint density at radius 3 is 3.10 bits per heavy atom. The van der Waals surface area contributed by atoms with E-state index < -0.39 is 0 Å². The highest BCUT2D eigenvalue weighted by atomic mass is 35.5. The topological polar surface area (TPSA) is 50.5 Å². The molecule has 3 unspecified atom stereocenters. The lowest BCUT2D eigenvalue weighted by Crippen LogP contribution is -2.51. The van der Waals surface area contributed by atoms with E-state index in [-0.39, 0.29) is 12.1 Å². The molecule has 0 aliphatic carbocycles. The zero-order chi connectivity index (χ0) is 14.1. The molecule has 110 valence electrons. The summed E-state index contributed by atoms with van der Waals surface area (Å²) in [5.41, 5.74) is 5.07. The fourth-order valence-electron chi connectivity index (χ4n) is 3.27. The first-order valence-electron chi connectivity index (χ1n) is 7.27. The summed E-state index contributed by atoms with van der Waals surface area (Å²) in [7, 11) is 0. The van der Waals surface area contributed by atoms with Gasteiger partial charge in [-0.2, -0.15) is 0 Å². The van der Waals surface area contributed by atoms with Crippen LogP contribution < -0.4 is 11.3 Å². The molecule has 2 aliphatic rings. The highest BCUT2D eigenvalue weighted by Crippen LogP contribution is 2.30. The third kappa shape index (κ3) is 2.71. The van der Waals surface area contributed by atoms with Crippen LogP contribution in [0.15, 0.2) is 18.2 Å². The zero-order valence-corrected chi connectivity index (χ0v) is 12.6. The van der Waals surface area contributed by atoms with Gasteiger partial charge in [0.2, 0.25) is 0 Å². The quantitative estimate of drug-likeness (QED) is 0.662. The van der Waals surface area contributed by atoms with E-state index in [0.717, 1.165) is 29.3 Å². The molecular formula is C15H22ClN3O. The van der Waals surface area contributed by atoms with E-state index in [1.807, 2.05) is 19.1 Å². The van der Waals surface area contributed by atoms with Gasteiger partial charge in [0, 0.05) is 17.6 Å². The molecule has 0 aromatic heterocycles. The Bertz CT molecular complexity index is 482. The van der Waals surface area contributed by atoms with Gasteiger partial charge >= 0.3 is 0 Å². The highest BCUT2D eigenvalue weighted by Gasteiger charge is 2.36. The van der Waals surface area contributed by atoms with E-state index in [0.29, 0.717) is 6.04 Å². The second kappa shape index (κ2) is 6.00. The van der Waals surface area contributed by atoms with E-state index >= 15 is 0 Å². The molecule has 2 heterocycles. The third-order valence-electron chi connectivity index (χ3n) is 4.52. The molecule has 0 amide bonds. The summed E-state index contributed by atoms with van der Waals surface area (Å²) in [4.78, 5) is 2.52. The Labute approximate surface area is 125 Å². The minimum atomic E-state index is -0.0188. The Balaban J connectivity index is 1.77. The van der Waals surface area contributed by atoms with Crippen LogP contribution in [0.25, 0.3) is 0 Å². The van der Waals surface area contributed by atoms with Crippen molar-refractivity contribution >= 4 is 11.6 Å². The first-order chi connectivity index (χ1) is 9.69. The largest absolute Gasteiger partial charge is 0.373 e. The van der Waals surface area contributed by atoms with Gasteiger partial charge < -0.3 is 4.74 Å². The summed E-state index contributed by atoms with van der Waals surface area (Å²) < 4.78 is 6.04. The number of nitrogens with zero attached hydrogens (tertiary/aromatic N) is 1. The highest BCUT2D eigenvalue weighted by molar-refractivity contribution is 6.31. The number of fused-ring (bicyclic) bond motifs is 1. The molecule has 4 nitrogen and oxygen atoms in total. The average molecular weight is 296 g/mol. The fraction of sp³-hybridized carbons (Fsp3) is 0.600. The Kier molecular flexibility index (Phi) is 4.29. The summed E-state index contributed by atoms with van der Waals surface area (Å²) >= 11 is 6.22. The number of ether oxygens (including phenoxy) is 1. The standard InChI is InChI=1S/C15H22ClN3O/c1-10-4-5-11(7-13(10)16)15(18-17)14-8-19-6-2-3-12(19)9-20-14/h4-5,7,12,14-15,18H,2-3,6,8-9,17H2,1H3. The van der Waals surface area contributed by atoms with Crippen molar-refractivity contribution in [3.05, 3.63) is 34.3 Å². The number of aryl methyl sites for hydroxylation is 1. The molecule has 3 atom stereocenters. The van der Waals surface area contributed by atoms with Crippen molar-refractivity contribution in [3.63, 3.8) is 0 Å². The number of nitrogens with two attached hydrogens (primary N) is 1. The minimum absolute atomic E-state index is 0.0188. The Morgan fingerprint density at radius 2 is 2.35 bits per heavy atom. The van der Waals surface area contributed by atoms with E-state index in [4.69, 9.17) is 22.2 Å². The maximum atomic E-state index is 6.22. The maximum Gasteiger partial charge on any atom is 0.0910 e. The molecule has 20 heavy (non-hydrogen) atoms. The molecule has 1 aromatic rings. The lowest BCUT2D eigenvalue weighted by Gasteiger charge is -2.38. The van der Waals surface area contributed by atoms with Crippen LogP contribution in [0.4, 0.5) is 0 Å². The maximum absolute atomic E-state index is 6.22. The van der Waals surface area contributed by atoms with E-state index in [1.54, 1.807) is 0 Å². The second-order valence-electron chi connectivity index (χ2n) is 5.82. The molecule has 3 N–H and O–H groups in total. The molecule has 5 heteroatoms. The summed E-state index contributed by atoms with van der Waals surface area (Å²) in [6.45, 7) is 4.92. The number of hydrogen-bond donors (Lipinski definition) is 2. The molecule has 2 fully saturated rings. The number of rotatable bonds is 3. The molecule has 0 saturated carbocycles. The van der Waals surface area contributed by atoms with Crippen molar-refractivity contribution in [2.24, 2.45) is 5.84 Å². The van der Waals surface area contributed by atoms with Crippen LogP contribution in [0, 0.1) is 6.92 Å². The van der Waals surface area contributed by atoms with Crippen LogP contribution in [-0.4, -0.2) is 36.7 Å². The number of benzene rings is 1. The van der Waals surface area contributed by atoms with Crippen LogP contribution in [0.5, 0.6) is 0 Å². The number of halogens is 1. The van der Waals surface area contributed by atoms with Crippen LogP contribution in [0.2, 0.25) is 5.02 Å². The number of hydrogen-bond acceptors (Lipinski definition) is 4. The van der Waals surface area contributed by atoms with Crippen LogP contribution in [0.1, 0.15) is 30.0 Å². The van der Waals surface area contributed by atoms with Gasteiger partial charge in [0.15, 0.2) is 0 Å². The minimum Gasteiger partial charge on any atom is -0.373 e. The number of morpholine rings is 1. The van der Waals surface area contributed by atoms with E-state index in [2.05, 4.69) is 16.4 Å². The molecule has 2 aliphatic heterocycles. The average Bonchev–Trinajstić information content (AvgIpc) is 2.91. The van der Waals surface area contributed by atoms with Gasteiger partial charge in [-0.25, -0.2) is 0 Å². The van der Waals surface area contributed by atoms with Gasteiger partial charge in [0.1, 0.15) is 0 Å². The van der Waals surface area contributed by atoms with Gasteiger partial charge in [0.05, 0.1) is 18.8 Å². The SMILES string of the molecule is Cc1ccc(C(NN)C2CN3CCCC3CO2)cc1Cl. The van der Waals surface area contributed by atoms with Gasteiger partial charge in [-0.05, 0) is 43.5 Å². The van der Waals surface area contributed by atoms with Crippen molar-refractivity contribution in [3.8, 4) is 0 Å². The Morgan fingerprint density at radius 1 is 1.50 bits per heavy atom. The van der Waals surface area contributed by atoms with Gasteiger partial charge in [-0.1, -0.05) is 23.7 Å². The van der Waals surface area contributed by atoms with Gasteiger partial charge in [0.25, 0.3) is 0 Å². The first kappa shape index (κ1) is 14.3. The summed E-state index contributed by atoms with van der Waals surface area (Å²) in [6.07, 6.45) is 2.61. The van der Waals surface area contributed by atoms with Crippen molar-refractivity contribution in [1.82, 2.24) is 10.3 Å². The van der Waals surface area contributed by atoms with Crippen molar-refractivity contribution in [2.45, 2.75) is 38.0 Å².